The maximum atomic E-state index is 13.4. The molecule has 0 saturated carbocycles. The first-order valence-corrected chi connectivity index (χ1v) is 10.9. The Labute approximate surface area is 179 Å². The van der Waals surface area contributed by atoms with Crippen LogP contribution in [-0.2, 0) is 11.3 Å². The number of ether oxygens (including phenoxy) is 1. The molecule has 5 rings (SSSR count). The molecular formula is C25H22N2O2S. The summed E-state index contributed by atoms with van der Waals surface area (Å²) in [7, 11) is 1.68. The lowest BCUT2D eigenvalue weighted by atomic mass is 10.1. The number of thioether (sulfide) groups is 1. The molecule has 0 spiro atoms. The summed E-state index contributed by atoms with van der Waals surface area (Å²) in [5, 5.41) is 1.16. The Kier molecular flexibility index (Phi) is 4.97. The number of carbonyl (C=O) groups excluding carboxylic acids is 1. The van der Waals surface area contributed by atoms with Crippen molar-refractivity contribution < 1.29 is 9.53 Å². The molecule has 0 bridgehead atoms. The largest absolute Gasteiger partial charge is 0.496 e. The third kappa shape index (κ3) is 3.46. The number of anilines is 1. The molecule has 1 aliphatic rings. The normalized spacial score (nSPS) is 16.4. The van der Waals surface area contributed by atoms with E-state index in [0.29, 0.717) is 13.0 Å². The van der Waals surface area contributed by atoms with Gasteiger partial charge >= 0.3 is 0 Å². The van der Waals surface area contributed by atoms with Crippen LogP contribution in [0.3, 0.4) is 0 Å². The highest BCUT2D eigenvalue weighted by molar-refractivity contribution is 7.99. The molecule has 4 aromatic rings. The van der Waals surface area contributed by atoms with Crippen molar-refractivity contribution in [3.8, 4) is 5.75 Å². The number of para-hydroxylation sites is 3. The molecule has 1 amide bonds. The number of carbonyl (C=O) groups is 1. The topological polar surface area (TPSA) is 45.3 Å². The number of rotatable bonds is 4. The number of hydrogen-bond acceptors (Lipinski definition) is 3. The monoisotopic (exact) mass is 414 g/mol. The summed E-state index contributed by atoms with van der Waals surface area (Å²) in [5.41, 5.74) is 4.13. The second-order valence-corrected chi connectivity index (χ2v) is 8.63. The van der Waals surface area contributed by atoms with E-state index in [1.54, 1.807) is 18.9 Å². The zero-order valence-corrected chi connectivity index (χ0v) is 17.5. The van der Waals surface area contributed by atoms with E-state index in [0.717, 1.165) is 38.5 Å². The Morgan fingerprint density at radius 1 is 1.03 bits per heavy atom. The molecule has 30 heavy (non-hydrogen) atoms. The van der Waals surface area contributed by atoms with E-state index >= 15 is 0 Å². The zero-order valence-electron chi connectivity index (χ0n) is 16.7. The number of nitrogens with zero attached hydrogens (tertiary/aromatic N) is 1. The molecule has 1 unspecified atom stereocenters. The second-order valence-electron chi connectivity index (χ2n) is 7.38. The molecule has 0 radical (unpaired) electrons. The lowest BCUT2D eigenvalue weighted by Gasteiger charge is -2.22. The number of H-pyrrole nitrogens is 1. The van der Waals surface area contributed by atoms with Gasteiger partial charge in [-0.3, -0.25) is 4.79 Å². The van der Waals surface area contributed by atoms with E-state index in [-0.39, 0.29) is 11.2 Å². The SMILES string of the molecule is COc1ccccc1C1CC(=O)N(Cc2cc3ccccc3[nH]2)c2ccccc2S1. The van der Waals surface area contributed by atoms with Crippen molar-refractivity contribution in [2.24, 2.45) is 0 Å². The van der Waals surface area contributed by atoms with E-state index in [1.807, 2.05) is 53.4 Å². The maximum Gasteiger partial charge on any atom is 0.228 e. The first-order chi connectivity index (χ1) is 14.7. The number of nitrogens with one attached hydrogen (secondary N) is 1. The van der Waals surface area contributed by atoms with Gasteiger partial charge in [-0.2, -0.15) is 0 Å². The Bertz CT molecular complexity index is 1180. The summed E-state index contributed by atoms with van der Waals surface area (Å²) in [6.45, 7) is 0.518. The van der Waals surface area contributed by atoms with Gasteiger partial charge in [0.05, 0.1) is 19.3 Å². The fourth-order valence-corrected chi connectivity index (χ4v) is 5.36. The summed E-state index contributed by atoms with van der Waals surface area (Å²) < 4.78 is 5.58. The van der Waals surface area contributed by atoms with Gasteiger partial charge < -0.3 is 14.6 Å². The van der Waals surface area contributed by atoms with E-state index in [4.69, 9.17) is 4.74 Å². The molecule has 3 aromatic carbocycles. The van der Waals surface area contributed by atoms with Crippen LogP contribution in [0.4, 0.5) is 5.69 Å². The van der Waals surface area contributed by atoms with E-state index in [2.05, 4.69) is 35.3 Å². The Morgan fingerprint density at radius 2 is 1.80 bits per heavy atom. The van der Waals surface area contributed by atoms with E-state index < -0.39 is 0 Å². The second kappa shape index (κ2) is 7.92. The summed E-state index contributed by atoms with van der Waals surface area (Å²) in [4.78, 5) is 19.9. The first kappa shape index (κ1) is 18.8. The summed E-state index contributed by atoms with van der Waals surface area (Å²) >= 11 is 1.73. The van der Waals surface area contributed by atoms with Crippen LogP contribution < -0.4 is 9.64 Å². The first-order valence-electron chi connectivity index (χ1n) is 9.98. The molecule has 1 aliphatic heterocycles. The number of aromatic amines is 1. The van der Waals surface area contributed by atoms with Gasteiger partial charge in [-0.15, -0.1) is 11.8 Å². The van der Waals surface area contributed by atoms with E-state index in [9.17, 15) is 4.79 Å². The molecule has 0 saturated heterocycles. The van der Waals surface area contributed by atoms with Gasteiger partial charge in [-0.25, -0.2) is 0 Å². The van der Waals surface area contributed by atoms with Crippen molar-refractivity contribution in [1.29, 1.82) is 0 Å². The van der Waals surface area contributed by atoms with Crippen molar-refractivity contribution >= 4 is 34.3 Å². The van der Waals surface area contributed by atoms with Gasteiger partial charge in [0, 0.05) is 33.3 Å². The molecule has 0 aliphatic carbocycles. The number of aromatic nitrogens is 1. The fourth-order valence-electron chi connectivity index (χ4n) is 4.05. The van der Waals surface area contributed by atoms with Gasteiger partial charge in [0.2, 0.25) is 5.91 Å². The Morgan fingerprint density at radius 3 is 2.67 bits per heavy atom. The molecule has 1 aromatic heterocycles. The number of hydrogen-bond donors (Lipinski definition) is 1. The number of methoxy groups -OCH3 is 1. The highest BCUT2D eigenvalue weighted by Crippen LogP contribution is 2.47. The quantitative estimate of drug-likeness (QED) is 0.449. The molecule has 150 valence electrons. The molecule has 0 fully saturated rings. The maximum absolute atomic E-state index is 13.4. The van der Waals surface area contributed by atoms with Gasteiger partial charge in [0.1, 0.15) is 5.75 Å². The van der Waals surface area contributed by atoms with Crippen LogP contribution in [0, 0.1) is 0 Å². The summed E-state index contributed by atoms with van der Waals surface area (Å²) in [6, 6.07) is 26.4. The molecule has 2 heterocycles. The smallest absolute Gasteiger partial charge is 0.228 e. The van der Waals surface area contributed by atoms with Crippen molar-refractivity contribution in [3.63, 3.8) is 0 Å². The van der Waals surface area contributed by atoms with Crippen LogP contribution in [0.15, 0.2) is 83.8 Å². The average Bonchev–Trinajstić information content (AvgIpc) is 3.14. The lowest BCUT2D eigenvalue weighted by Crippen LogP contribution is -2.30. The minimum atomic E-state index is 0.00233. The van der Waals surface area contributed by atoms with Gasteiger partial charge in [0.15, 0.2) is 0 Å². The molecule has 1 N–H and O–H groups in total. The third-order valence-corrected chi connectivity index (χ3v) is 6.79. The van der Waals surface area contributed by atoms with E-state index in [1.165, 1.54) is 0 Å². The van der Waals surface area contributed by atoms with Crippen molar-refractivity contribution in [2.45, 2.75) is 23.1 Å². The highest BCUT2D eigenvalue weighted by atomic mass is 32.2. The molecule has 5 heteroatoms. The number of amides is 1. The van der Waals surface area contributed by atoms with Crippen LogP contribution in [0.5, 0.6) is 5.75 Å². The minimum absolute atomic E-state index is 0.00233. The van der Waals surface area contributed by atoms with Gasteiger partial charge in [-0.05, 0) is 35.7 Å². The highest BCUT2D eigenvalue weighted by Gasteiger charge is 2.30. The summed E-state index contributed by atoms with van der Waals surface area (Å²) in [5.74, 6) is 0.936. The standard InChI is InChI=1S/C25H22N2O2S/c1-29-22-12-6-3-9-19(22)24-15-25(28)27(21-11-5-7-13-23(21)30-24)16-18-14-17-8-2-4-10-20(17)26-18/h2-14,24,26H,15-16H2,1H3. The molecule has 1 atom stereocenters. The van der Waals surface area contributed by atoms with Crippen molar-refractivity contribution in [1.82, 2.24) is 4.98 Å². The van der Waals surface area contributed by atoms with Gasteiger partial charge in [-0.1, -0.05) is 48.5 Å². The lowest BCUT2D eigenvalue weighted by molar-refractivity contribution is -0.118. The molecular weight excluding hydrogens is 392 g/mol. The zero-order chi connectivity index (χ0) is 20.5. The Balaban J connectivity index is 1.52. The van der Waals surface area contributed by atoms with Crippen LogP contribution in [0.1, 0.15) is 22.9 Å². The third-order valence-electron chi connectivity index (χ3n) is 5.49. The number of benzene rings is 3. The van der Waals surface area contributed by atoms with Crippen molar-refractivity contribution in [3.05, 3.63) is 90.1 Å². The summed E-state index contributed by atoms with van der Waals surface area (Å²) in [6.07, 6.45) is 0.417. The predicted molar refractivity (Wildman–Crippen MR) is 122 cm³/mol. The van der Waals surface area contributed by atoms with Crippen LogP contribution in [-0.4, -0.2) is 18.0 Å². The van der Waals surface area contributed by atoms with Gasteiger partial charge in [0.25, 0.3) is 0 Å². The predicted octanol–water partition coefficient (Wildman–Crippen LogP) is 5.95. The molecule has 4 nitrogen and oxygen atoms in total. The Hall–Kier alpha value is -3.18. The minimum Gasteiger partial charge on any atom is -0.496 e. The fraction of sp³-hybridized carbons (Fsp3) is 0.160. The van der Waals surface area contributed by atoms with Crippen molar-refractivity contribution in [2.75, 3.05) is 12.0 Å². The van der Waals surface area contributed by atoms with Crippen LogP contribution in [0.25, 0.3) is 10.9 Å². The van der Waals surface area contributed by atoms with Crippen LogP contribution in [0.2, 0.25) is 0 Å². The number of fused-ring (bicyclic) bond motifs is 2. The average molecular weight is 415 g/mol. The van der Waals surface area contributed by atoms with Crippen LogP contribution >= 0.6 is 11.8 Å².